The number of aromatic nitrogens is 3. The summed E-state index contributed by atoms with van der Waals surface area (Å²) in [7, 11) is 0. The summed E-state index contributed by atoms with van der Waals surface area (Å²) in [6, 6.07) is 15.7. The van der Waals surface area contributed by atoms with Crippen LogP contribution in [-0.2, 0) is 12.8 Å². The topological polar surface area (TPSA) is 86.5 Å². The third-order valence-electron chi connectivity index (χ3n) is 4.10. The number of rotatable bonds is 6. The van der Waals surface area contributed by atoms with Crippen LogP contribution in [0, 0.1) is 11.3 Å². The maximum Gasteiger partial charge on any atom is 0.249 e. The molecular formula is C20H20N6. The van der Waals surface area contributed by atoms with Crippen LogP contribution < -0.4 is 10.6 Å². The van der Waals surface area contributed by atoms with Gasteiger partial charge in [0.15, 0.2) is 5.82 Å². The molecule has 6 heteroatoms. The van der Waals surface area contributed by atoms with Gasteiger partial charge in [-0.3, -0.25) is 0 Å². The van der Waals surface area contributed by atoms with E-state index < -0.39 is 0 Å². The van der Waals surface area contributed by atoms with Crippen LogP contribution in [0.2, 0.25) is 0 Å². The highest BCUT2D eigenvalue weighted by Gasteiger charge is 2.09. The Kier molecular flexibility index (Phi) is 5.40. The second kappa shape index (κ2) is 8.08. The molecule has 0 spiro atoms. The number of hydrogen-bond donors (Lipinski definition) is 2. The van der Waals surface area contributed by atoms with E-state index in [0.29, 0.717) is 23.0 Å². The van der Waals surface area contributed by atoms with Crippen molar-refractivity contribution in [1.82, 2.24) is 15.2 Å². The van der Waals surface area contributed by atoms with Crippen LogP contribution in [0.3, 0.4) is 0 Å². The van der Waals surface area contributed by atoms with Crippen molar-refractivity contribution in [2.75, 3.05) is 10.6 Å². The Bertz CT molecular complexity index is 923. The highest BCUT2D eigenvalue weighted by atomic mass is 15.3. The van der Waals surface area contributed by atoms with Crippen molar-refractivity contribution in [2.24, 2.45) is 0 Å². The molecule has 6 nitrogen and oxygen atoms in total. The molecule has 0 fully saturated rings. The molecule has 0 amide bonds. The highest BCUT2D eigenvalue weighted by Crippen LogP contribution is 2.26. The molecule has 0 bridgehead atoms. The smallest absolute Gasteiger partial charge is 0.249 e. The molecule has 0 aliphatic carbocycles. The number of benzene rings is 2. The minimum atomic E-state index is 0.417. The minimum Gasteiger partial charge on any atom is -0.338 e. The third kappa shape index (κ3) is 3.78. The maximum absolute atomic E-state index is 9.21. The summed E-state index contributed by atoms with van der Waals surface area (Å²) in [5, 5.41) is 23.8. The number of anilines is 4. The first-order valence-corrected chi connectivity index (χ1v) is 8.58. The predicted molar refractivity (Wildman–Crippen MR) is 103 cm³/mol. The maximum atomic E-state index is 9.21. The van der Waals surface area contributed by atoms with E-state index in [1.165, 1.54) is 17.3 Å². The van der Waals surface area contributed by atoms with Crippen molar-refractivity contribution in [3.05, 3.63) is 65.4 Å². The Balaban J connectivity index is 1.88. The lowest BCUT2D eigenvalue weighted by Gasteiger charge is -2.14. The average molecular weight is 344 g/mol. The zero-order chi connectivity index (χ0) is 18.4. The largest absolute Gasteiger partial charge is 0.338 e. The zero-order valence-electron chi connectivity index (χ0n) is 14.8. The van der Waals surface area contributed by atoms with Gasteiger partial charge in [-0.25, -0.2) is 0 Å². The van der Waals surface area contributed by atoms with Gasteiger partial charge in [0.2, 0.25) is 5.95 Å². The lowest BCUT2D eigenvalue weighted by molar-refractivity contribution is 0.976. The van der Waals surface area contributed by atoms with Crippen LogP contribution in [0.4, 0.5) is 23.1 Å². The predicted octanol–water partition coefficient (Wildman–Crippen LogP) is 4.36. The second-order valence-corrected chi connectivity index (χ2v) is 5.73. The molecule has 2 N–H and O–H groups in total. The van der Waals surface area contributed by atoms with E-state index in [0.717, 1.165) is 18.5 Å². The fraction of sp³-hybridized carbons (Fsp3) is 0.200. The molecule has 0 saturated carbocycles. The molecule has 1 heterocycles. The van der Waals surface area contributed by atoms with Crippen LogP contribution in [0.15, 0.2) is 48.7 Å². The number of nitrogens with zero attached hydrogens (tertiary/aromatic N) is 4. The molecular weight excluding hydrogens is 324 g/mol. The number of nitriles is 1. The van der Waals surface area contributed by atoms with Crippen molar-refractivity contribution in [1.29, 1.82) is 5.26 Å². The molecule has 0 unspecified atom stereocenters. The molecule has 0 atom stereocenters. The van der Waals surface area contributed by atoms with E-state index in [1.807, 2.05) is 18.2 Å². The van der Waals surface area contributed by atoms with Crippen molar-refractivity contribution in [3.8, 4) is 6.07 Å². The lowest BCUT2D eigenvalue weighted by atomic mass is 10.0. The Hall–Kier alpha value is -3.46. The molecule has 2 aromatic carbocycles. The molecule has 130 valence electrons. The van der Waals surface area contributed by atoms with Gasteiger partial charge in [-0.05, 0) is 36.1 Å². The summed E-state index contributed by atoms with van der Waals surface area (Å²) < 4.78 is 0. The highest BCUT2D eigenvalue weighted by molar-refractivity contribution is 5.66. The molecule has 1 aromatic heterocycles. The van der Waals surface area contributed by atoms with E-state index >= 15 is 0 Å². The van der Waals surface area contributed by atoms with Crippen LogP contribution in [0.1, 0.15) is 30.5 Å². The minimum absolute atomic E-state index is 0.417. The van der Waals surface area contributed by atoms with Gasteiger partial charge < -0.3 is 10.6 Å². The second-order valence-electron chi connectivity index (χ2n) is 5.73. The standard InChI is InChI=1S/C20H20N6/c1-3-14-9-7-10-15(4-2)19(14)25-20-24-18(13-22-26-20)23-17-11-6-5-8-16(17)12-21/h5-11,13H,3-4H2,1-2H3,(H2,23,24,25,26). The molecule has 3 rings (SSSR count). The van der Waals surface area contributed by atoms with E-state index in [-0.39, 0.29) is 0 Å². The molecule has 3 aromatic rings. The fourth-order valence-electron chi connectivity index (χ4n) is 2.76. The van der Waals surface area contributed by atoms with Gasteiger partial charge in [0.1, 0.15) is 6.07 Å². The van der Waals surface area contributed by atoms with Gasteiger partial charge >= 0.3 is 0 Å². The summed E-state index contributed by atoms with van der Waals surface area (Å²) >= 11 is 0. The van der Waals surface area contributed by atoms with Crippen molar-refractivity contribution >= 4 is 23.1 Å². The quantitative estimate of drug-likeness (QED) is 0.691. The first-order valence-electron chi connectivity index (χ1n) is 8.58. The van der Waals surface area contributed by atoms with Crippen LogP contribution in [0.5, 0.6) is 0 Å². The average Bonchev–Trinajstić information content (AvgIpc) is 2.69. The molecule has 0 saturated heterocycles. The molecule has 26 heavy (non-hydrogen) atoms. The summed E-state index contributed by atoms with van der Waals surface area (Å²) in [5.41, 5.74) is 4.69. The number of aryl methyl sites for hydroxylation is 2. The Morgan fingerprint density at radius 1 is 0.962 bits per heavy atom. The molecule has 0 aliphatic rings. The monoisotopic (exact) mass is 344 g/mol. The summed E-state index contributed by atoms with van der Waals surface area (Å²) in [6.45, 7) is 4.24. The first kappa shape index (κ1) is 17.4. The van der Waals surface area contributed by atoms with E-state index in [4.69, 9.17) is 0 Å². The number of nitrogens with one attached hydrogen (secondary N) is 2. The van der Waals surface area contributed by atoms with E-state index in [9.17, 15) is 5.26 Å². The zero-order valence-corrected chi connectivity index (χ0v) is 14.8. The van der Waals surface area contributed by atoms with Gasteiger partial charge in [-0.2, -0.15) is 15.3 Å². The number of para-hydroxylation sites is 2. The van der Waals surface area contributed by atoms with Crippen molar-refractivity contribution < 1.29 is 0 Å². The fourth-order valence-corrected chi connectivity index (χ4v) is 2.76. The summed E-state index contributed by atoms with van der Waals surface area (Å²) in [4.78, 5) is 4.48. The van der Waals surface area contributed by atoms with Crippen molar-refractivity contribution in [3.63, 3.8) is 0 Å². The van der Waals surface area contributed by atoms with E-state index in [1.54, 1.807) is 6.07 Å². The third-order valence-corrected chi connectivity index (χ3v) is 4.10. The first-order chi connectivity index (χ1) is 12.7. The van der Waals surface area contributed by atoms with Crippen molar-refractivity contribution in [2.45, 2.75) is 26.7 Å². The van der Waals surface area contributed by atoms with Gasteiger partial charge in [0.25, 0.3) is 0 Å². The summed E-state index contributed by atoms with van der Waals surface area (Å²) in [6.07, 6.45) is 3.36. The molecule has 0 aliphatic heterocycles. The Labute approximate surface area is 152 Å². The Morgan fingerprint density at radius 2 is 1.69 bits per heavy atom. The van der Waals surface area contributed by atoms with Gasteiger partial charge in [-0.1, -0.05) is 44.2 Å². The van der Waals surface area contributed by atoms with Gasteiger partial charge in [-0.15, -0.1) is 5.10 Å². The number of hydrogen-bond acceptors (Lipinski definition) is 6. The Morgan fingerprint density at radius 3 is 2.38 bits per heavy atom. The normalized spacial score (nSPS) is 10.2. The SMILES string of the molecule is CCc1cccc(CC)c1Nc1nncc(Nc2ccccc2C#N)n1. The van der Waals surface area contributed by atoms with Gasteiger partial charge in [0.05, 0.1) is 17.4 Å². The van der Waals surface area contributed by atoms with Crippen LogP contribution >= 0.6 is 0 Å². The lowest BCUT2D eigenvalue weighted by Crippen LogP contribution is -2.06. The molecule has 0 radical (unpaired) electrons. The van der Waals surface area contributed by atoms with Crippen LogP contribution in [0.25, 0.3) is 0 Å². The van der Waals surface area contributed by atoms with E-state index in [2.05, 4.69) is 63.9 Å². The van der Waals surface area contributed by atoms with Crippen LogP contribution in [-0.4, -0.2) is 15.2 Å². The van der Waals surface area contributed by atoms with Gasteiger partial charge in [0, 0.05) is 5.69 Å². The summed E-state index contributed by atoms with van der Waals surface area (Å²) in [5.74, 6) is 0.942.